The first-order valence-electron chi connectivity index (χ1n) is 7.57. The summed E-state index contributed by atoms with van der Waals surface area (Å²) in [5.74, 6) is -0.0439. The molecule has 0 radical (unpaired) electrons. The first kappa shape index (κ1) is 15.3. The molecule has 0 bridgehead atoms. The maximum absolute atomic E-state index is 12.4. The second-order valence-electron chi connectivity index (χ2n) is 5.66. The predicted molar refractivity (Wildman–Crippen MR) is 82.7 cm³/mol. The lowest BCUT2D eigenvalue weighted by Crippen LogP contribution is -2.53. The molecule has 0 aliphatic carbocycles. The van der Waals surface area contributed by atoms with E-state index in [1.165, 1.54) is 0 Å². The highest BCUT2D eigenvalue weighted by molar-refractivity contribution is 6.31. The molecule has 2 aliphatic heterocycles. The van der Waals surface area contributed by atoms with E-state index in [2.05, 4.69) is 4.90 Å². The van der Waals surface area contributed by atoms with Crippen LogP contribution in [0, 0.1) is 0 Å². The Morgan fingerprint density at radius 1 is 1.23 bits per heavy atom. The topological polar surface area (TPSA) is 49.9 Å². The fourth-order valence-corrected chi connectivity index (χ4v) is 3.22. The molecule has 2 fully saturated rings. The van der Waals surface area contributed by atoms with Crippen LogP contribution in [-0.4, -0.2) is 60.5 Å². The van der Waals surface area contributed by atoms with Crippen LogP contribution in [-0.2, 0) is 20.7 Å². The number of nitrogens with zero attached hydrogens (tertiary/aromatic N) is 2. The van der Waals surface area contributed by atoms with Crippen molar-refractivity contribution in [3.63, 3.8) is 0 Å². The summed E-state index contributed by atoms with van der Waals surface area (Å²) in [4.78, 5) is 27.9. The molecule has 5 nitrogen and oxygen atoms in total. The molecule has 2 heterocycles. The average Bonchev–Trinajstić information content (AvgIpc) is 2.96. The number of carbonyl (C=O) groups excluding carboxylic acids is 2. The molecule has 1 aromatic rings. The molecule has 0 saturated carbocycles. The van der Waals surface area contributed by atoms with Crippen LogP contribution in [0.5, 0.6) is 0 Å². The summed E-state index contributed by atoms with van der Waals surface area (Å²) in [6.45, 7) is 3.23. The van der Waals surface area contributed by atoms with Gasteiger partial charge in [0, 0.05) is 37.6 Å². The minimum Gasteiger partial charge on any atom is -0.464 e. The first-order chi connectivity index (χ1) is 10.6. The number of hydrogen-bond acceptors (Lipinski definition) is 4. The number of benzene rings is 1. The number of amides is 1. The molecule has 0 spiro atoms. The summed E-state index contributed by atoms with van der Waals surface area (Å²) in [5.41, 5.74) is 0.857. The third kappa shape index (κ3) is 3.25. The van der Waals surface area contributed by atoms with E-state index in [-0.39, 0.29) is 17.9 Å². The highest BCUT2D eigenvalue weighted by Crippen LogP contribution is 2.19. The molecule has 2 saturated heterocycles. The van der Waals surface area contributed by atoms with Gasteiger partial charge in [0.2, 0.25) is 5.91 Å². The minimum atomic E-state index is -0.129. The quantitative estimate of drug-likeness (QED) is 0.788. The Morgan fingerprint density at radius 2 is 1.95 bits per heavy atom. The van der Waals surface area contributed by atoms with Gasteiger partial charge in [-0.25, -0.2) is 0 Å². The third-order valence-electron chi connectivity index (χ3n) is 4.31. The number of hydrogen-bond donors (Lipinski definition) is 0. The zero-order valence-electron chi connectivity index (χ0n) is 12.3. The van der Waals surface area contributed by atoms with Crippen molar-refractivity contribution in [2.45, 2.75) is 18.9 Å². The molecular weight excluding hydrogens is 304 g/mol. The van der Waals surface area contributed by atoms with Crippen molar-refractivity contribution < 1.29 is 14.3 Å². The first-order valence-corrected chi connectivity index (χ1v) is 7.95. The number of piperazine rings is 1. The van der Waals surface area contributed by atoms with Crippen molar-refractivity contribution in [3.05, 3.63) is 34.9 Å². The number of halogens is 1. The largest absolute Gasteiger partial charge is 0.464 e. The molecule has 22 heavy (non-hydrogen) atoms. The summed E-state index contributed by atoms with van der Waals surface area (Å²) in [5, 5.41) is 0.628. The lowest BCUT2D eigenvalue weighted by atomic mass is 10.1. The molecule has 1 amide bonds. The summed E-state index contributed by atoms with van der Waals surface area (Å²) in [6.07, 6.45) is 1.08. The Kier molecular flexibility index (Phi) is 4.64. The molecule has 0 aromatic heterocycles. The Bertz CT molecular complexity index is 570. The lowest BCUT2D eigenvalue weighted by Gasteiger charge is -2.36. The van der Waals surface area contributed by atoms with Crippen molar-refractivity contribution in [2.75, 3.05) is 32.8 Å². The van der Waals surface area contributed by atoms with E-state index in [1.54, 1.807) is 6.07 Å². The fraction of sp³-hybridized carbons (Fsp3) is 0.500. The fourth-order valence-electron chi connectivity index (χ4n) is 3.02. The molecule has 2 aliphatic rings. The molecule has 1 aromatic carbocycles. The minimum absolute atomic E-state index is 0.0850. The summed E-state index contributed by atoms with van der Waals surface area (Å²) < 4.78 is 5.01. The van der Waals surface area contributed by atoms with E-state index in [9.17, 15) is 9.59 Å². The second kappa shape index (κ2) is 6.67. The van der Waals surface area contributed by atoms with E-state index in [4.69, 9.17) is 16.3 Å². The Labute approximate surface area is 134 Å². The number of rotatable bonds is 3. The van der Waals surface area contributed by atoms with Crippen LogP contribution >= 0.6 is 11.6 Å². The van der Waals surface area contributed by atoms with Crippen molar-refractivity contribution in [3.8, 4) is 0 Å². The normalized spacial score (nSPS) is 22.7. The molecule has 1 atom stereocenters. The van der Waals surface area contributed by atoms with Crippen LogP contribution in [0.15, 0.2) is 24.3 Å². The van der Waals surface area contributed by atoms with Gasteiger partial charge in [-0.05, 0) is 11.6 Å². The van der Waals surface area contributed by atoms with Crippen molar-refractivity contribution in [1.82, 2.24) is 9.80 Å². The van der Waals surface area contributed by atoms with Crippen molar-refractivity contribution in [2.24, 2.45) is 0 Å². The van der Waals surface area contributed by atoms with E-state index >= 15 is 0 Å². The van der Waals surface area contributed by atoms with Gasteiger partial charge in [-0.3, -0.25) is 14.5 Å². The van der Waals surface area contributed by atoms with Gasteiger partial charge in [-0.15, -0.1) is 0 Å². The molecule has 3 rings (SSSR count). The third-order valence-corrected chi connectivity index (χ3v) is 4.68. The van der Waals surface area contributed by atoms with Crippen LogP contribution in [0.4, 0.5) is 0 Å². The molecule has 0 unspecified atom stereocenters. The van der Waals surface area contributed by atoms with Crippen molar-refractivity contribution >= 4 is 23.5 Å². The Balaban J connectivity index is 1.54. The van der Waals surface area contributed by atoms with Gasteiger partial charge in [0.1, 0.15) is 6.04 Å². The van der Waals surface area contributed by atoms with Crippen LogP contribution in [0.2, 0.25) is 5.02 Å². The van der Waals surface area contributed by atoms with Gasteiger partial charge in [0.15, 0.2) is 0 Å². The van der Waals surface area contributed by atoms with Crippen LogP contribution in [0.3, 0.4) is 0 Å². The monoisotopic (exact) mass is 322 g/mol. The van der Waals surface area contributed by atoms with Gasteiger partial charge in [-0.2, -0.15) is 0 Å². The highest BCUT2D eigenvalue weighted by Gasteiger charge is 2.34. The predicted octanol–water partition coefficient (Wildman–Crippen LogP) is 1.34. The van der Waals surface area contributed by atoms with E-state index < -0.39 is 0 Å². The summed E-state index contributed by atoms with van der Waals surface area (Å²) >= 11 is 6.10. The van der Waals surface area contributed by atoms with Gasteiger partial charge in [-0.1, -0.05) is 29.8 Å². The number of esters is 1. The lowest BCUT2D eigenvalue weighted by molar-refractivity contribution is -0.143. The number of carbonyl (C=O) groups is 2. The average molecular weight is 323 g/mol. The SMILES string of the molecule is O=C1OCC[C@H]1N1CCN(C(=O)Cc2ccccc2Cl)CC1. The van der Waals surface area contributed by atoms with E-state index in [1.807, 2.05) is 23.1 Å². The number of ether oxygens (including phenoxy) is 1. The zero-order chi connectivity index (χ0) is 15.5. The van der Waals surface area contributed by atoms with E-state index in [0.717, 1.165) is 12.0 Å². The Morgan fingerprint density at radius 3 is 2.59 bits per heavy atom. The molecular formula is C16H19ClN2O3. The molecule has 6 heteroatoms. The van der Waals surface area contributed by atoms with Crippen LogP contribution in [0.1, 0.15) is 12.0 Å². The van der Waals surface area contributed by atoms with Gasteiger partial charge in [0.05, 0.1) is 13.0 Å². The van der Waals surface area contributed by atoms with E-state index in [0.29, 0.717) is 44.2 Å². The summed E-state index contributed by atoms with van der Waals surface area (Å²) in [7, 11) is 0. The summed E-state index contributed by atoms with van der Waals surface area (Å²) in [6, 6.07) is 7.30. The molecule has 0 N–H and O–H groups in total. The highest BCUT2D eigenvalue weighted by atomic mass is 35.5. The Hall–Kier alpha value is -1.59. The van der Waals surface area contributed by atoms with Gasteiger partial charge in [0.25, 0.3) is 0 Å². The van der Waals surface area contributed by atoms with Crippen LogP contribution < -0.4 is 0 Å². The number of cyclic esters (lactones) is 1. The van der Waals surface area contributed by atoms with Crippen molar-refractivity contribution in [1.29, 1.82) is 0 Å². The standard InChI is InChI=1S/C16H19ClN2O3/c17-13-4-2-1-3-12(13)11-15(20)19-8-6-18(7-9-19)14-5-10-22-16(14)21/h1-4,14H,5-11H2/t14-/m1/s1. The van der Waals surface area contributed by atoms with Gasteiger partial charge >= 0.3 is 5.97 Å². The van der Waals surface area contributed by atoms with Gasteiger partial charge < -0.3 is 9.64 Å². The maximum atomic E-state index is 12.4. The smallest absolute Gasteiger partial charge is 0.323 e. The molecule has 118 valence electrons. The second-order valence-corrected chi connectivity index (χ2v) is 6.06. The van der Waals surface area contributed by atoms with Crippen LogP contribution in [0.25, 0.3) is 0 Å². The maximum Gasteiger partial charge on any atom is 0.323 e. The zero-order valence-corrected chi connectivity index (χ0v) is 13.1.